The minimum absolute atomic E-state index is 0.211. The summed E-state index contributed by atoms with van der Waals surface area (Å²) >= 11 is 1.26. The first-order valence-electron chi connectivity index (χ1n) is 9.05. The van der Waals surface area contributed by atoms with Crippen molar-refractivity contribution in [2.45, 2.75) is 32.5 Å². The molecule has 1 aromatic carbocycles. The first-order chi connectivity index (χ1) is 12.7. The zero-order chi connectivity index (χ0) is 17.9. The van der Waals surface area contributed by atoms with Crippen molar-refractivity contribution in [3.05, 3.63) is 47.4 Å². The van der Waals surface area contributed by atoms with Gasteiger partial charge in [0.1, 0.15) is 22.6 Å². The number of fused-ring (bicyclic) bond motifs is 1. The number of furan rings is 1. The number of aromatic nitrogens is 2. The Bertz CT molecular complexity index is 862. The molecule has 1 aliphatic rings. The molecule has 6 nitrogen and oxygen atoms in total. The van der Waals surface area contributed by atoms with Crippen LogP contribution in [0, 0.1) is 6.92 Å². The van der Waals surface area contributed by atoms with Gasteiger partial charge in [0.25, 0.3) is 0 Å². The van der Waals surface area contributed by atoms with Gasteiger partial charge in [0.05, 0.1) is 18.3 Å². The minimum atomic E-state index is 0.211. The molecule has 138 valence electrons. The molecule has 0 saturated carbocycles. The molecule has 0 spiro atoms. The van der Waals surface area contributed by atoms with Gasteiger partial charge in [0, 0.05) is 38.8 Å². The molecule has 1 atom stereocenters. The topological polar surface area (TPSA) is 65.6 Å². The van der Waals surface area contributed by atoms with Gasteiger partial charge in [-0.25, -0.2) is 0 Å². The third kappa shape index (κ3) is 3.96. The van der Waals surface area contributed by atoms with Crippen LogP contribution in [0.15, 0.2) is 34.7 Å². The van der Waals surface area contributed by atoms with E-state index in [1.165, 1.54) is 17.3 Å². The molecule has 4 rings (SSSR count). The first-order valence-corrected chi connectivity index (χ1v) is 9.78. The minimum Gasteiger partial charge on any atom is -0.465 e. The molecule has 0 aliphatic carbocycles. The highest BCUT2D eigenvalue weighted by Gasteiger charge is 2.27. The van der Waals surface area contributed by atoms with Crippen LogP contribution in [0.3, 0.4) is 0 Å². The number of hydrogen-bond acceptors (Lipinski definition) is 7. The fraction of sp³-hybridized carbons (Fsp3) is 0.474. The van der Waals surface area contributed by atoms with E-state index in [9.17, 15) is 5.11 Å². The molecule has 1 N–H and O–H groups in total. The summed E-state index contributed by atoms with van der Waals surface area (Å²) in [5.74, 6) is 1.95. The molecule has 7 heteroatoms. The first kappa shape index (κ1) is 17.6. The van der Waals surface area contributed by atoms with Crippen LogP contribution in [0.4, 0.5) is 0 Å². The number of hydrogen-bond donors (Lipinski definition) is 1. The van der Waals surface area contributed by atoms with Gasteiger partial charge in [-0.1, -0.05) is 6.07 Å². The Morgan fingerprint density at radius 3 is 2.85 bits per heavy atom. The smallest absolute Gasteiger partial charge is 0.118 e. The summed E-state index contributed by atoms with van der Waals surface area (Å²) in [6, 6.07) is 10.7. The van der Waals surface area contributed by atoms with E-state index in [0.29, 0.717) is 6.04 Å². The predicted molar refractivity (Wildman–Crippen MR) is 102 cm³/mol. The van der Waals surface area contributed by atoms with E-state index in [1.54, 1.807) is 0 Å². The number of rotatable bonds is 6. The summed E-state index contributed by atoms with van der Waals surface area (Å²) < 4.78 is 14.3. The zero-order valence-corrected chi connectivity index (χ0v) is 15.8. The quantitative estimate of drug-likeness (QED) is 0.718. The Kier molecular flexibility index (Phi) is 5.31. The van der Waals surface area contributed by atoms with Crippen molar-refractivity contribution in [2.24, 2.45) is 0 Å². The largest absolute Gasteiger partial charge is 0.465 e. The van der Waals surface area contributed by atoms with Gasteiger partial charge >= 0.3 is 0 Å². The van der Waals surface area contributed by atoms with Crippen molar-refractivity contribution < 1.29 is 9.52 Å². The van der Waals surface area contributed by atoms with Gasteiger partial charge in [-0.2, -0.15) is 8.75 Å². The molecule has 1 fully saturated rings. The summed E-state index contributed by atoms with van der Waals surface area (Å²) in [6.45, 7) is 6.84. The lowest BCUT2D eigenvalue weighted by molar-refractivity contribution is 0.0454. The maximum absolute atomic E-state index is 9.49. The van der Waals surface area contributed by atoms with Crippen LogP contribution < -0.4 is 0 Å². The van der Waals surface area contributed by atoms with E-state index in [0.717, 1.165) is 61.7 Å². The highest BCUT2D eigenvalue weighted by atomic mass is 32.1. The van der Waals surface area contributed by atoms with Gasteiger partial charge in [-0.05, 0) is 43.2 Å². The molecule has 1 saturated heterocycles. The molecule has 0 amide bonds. The fourth-order valence-corrected chi connectivity index (χ4v) is 4.20. The maximum Gasteiger partial charge on any atom is 0.118 e. The lowest BCUT2D eigenvalue weighted by Gasteiger charge is -2.41. The van der Waals surface area contributed by atoms with Crippen molar-refractivity contribution in [3.8, 4) is 0 Å². The second kappa shape index (κ2) is 7.84. The van der Waals surface area contributed by atoms with Crippen molar-refractivity contribution in [1.82, 2.24) is 18.5 Å². The third-order valence-electron chi connectivity index (χ3n) is 5.03. The Morgan fingerprint density at radius 2 is 2.04 bits per heavy atom. The lowest BCUT2D eigenvalue weighted by atomic mass is 10.1. The number of piperazine rings is 1. The molecular weight excluding hydrogens is 348 g/mol. The molecule has 0 unspecified atom stereocenters. The van der Waals surface area contributed by atoms with Crippen molar-refractivity contribution in [2.75, 3.05) is 26.2 Å². The van der Waals surface area contributed by atoms with Gasteiger partial charge in [-0.15, -0.1) is 0 Å². The zero-order valence-electron chi connectivity index (χ0n) is 15.0. The van der Waals surface area contributed by atoms with E-state index < -0.39 is 0 Å². The number of aryl methyl sites for hydroxylation is 1. The molecule has 3 aromatic rings. The van der Waals surface area contributed by atoms with Gasteiger partial charge < -0.3 is 9.52 Å². The molecule has 0 radical (unpaired) electrons. The Labute approximate surface area is 157 Å². The van der Waals surface area contributed by atoms with Crippen LogP contribution in [0.1, 0.15) is 23.5 Å². The van der Waals surface area contributed by atoms with Crippen LogP contribution in [-0.4, -0.2) is 55.9 Å². The molecule has 1 aliphatic heterocycles. The molecular formula is C19H24N4O2S. The van der Waals surface area contributed by atoms with Gasteiger partial charge in [-0.3, -0.25) is 9.80 Å². The summed E-state index contributed by atoms with van der Waals surface area (Å²) in [6.07, 6.45) is 0.783. The Balaban J connectivity index is 1.41. The van der Waals surface area contributed by atoms with E-state index in [-0.39, 0.29) is 6.61 Å². The number of nitrogens with zero attached hydrogens (tertiary/aromatic N) is 4. The maximum atomic E-state index is 9.49. The SMILES string of the molecule is Cc1ccc(CN2CCN(Cc3ccc4nsnc4c3)C[C@@H]2CCO)o1. The van der Waals surface area contributed by atoms with E-state index in [2.05, 4.69) is 42.8 Å². The summed E-state index contributed by atoms with van der Waals surface area (Å²) in [7, 11) is 0. The summed E-state index contributed by atoms with van der Waals surface area (Å²) in [5.41, 5.74) is 3.21. The van der Waals surface area contributed by atoms with E-state index in [1.807, 2.05) is 13.0 Å². The van der Waals surface area contributed by atoms with Gasteiger partial charge in [0.15, 0.2) is 0 Å². The van der Waals surface area contributed by atoms with Crippen LogP contribution in [0.2, 0.25) is 0 Å². The van der Waals surface area contributed by atoms with Crippen LogP contribution in [0.25, 0.3) is 11.0 Å². The van der Waals surface area contributed by atoms with Crippen LogP contribution in [-0.2, 0) is 13.1 Å². The second-order valence-corrected chi connectivity index (χ2v) is 7.50. The molecule has 2 aromatic heterocycles. The monoisotopic (exact) mass is 372 g/mol. The van der Waals surface area contributed by atoms with Crippen molar-refractivity contribution in [1.29, 1.82) is 0 Å². The number of benzene rings is 1. The van der Waals surface area contributed by atoms with E-state index in [4.69, 9.17) is 4.42 Å². The Morgan fingerprint density at radius 1 is 1.15 bits per heavy atom. The lowest BCUT2D eigenvalue weighted by Crippen LogP contribution is -2.52. The summed E-state index contributed by atoms with van der Waals surface area (Å²) in [4.78, 5) is 4.89. The van der Waals surface area contributed by atoms with Gasteiger partial charge in [0.2, 0.25) is 0 Å². The Hall–Kier alpha value is -1.80. The highest BCUT2D eigenvalue weighted by molar-refractivity contribution is 7.00. The second-order valence-electron chi connectivity index (χ2n) is 6.97. The standard InChI is InChI=1S/C19H24N4O2S/c1-14-2-4-17(25-14)13-23-8-7-22(12-16(23)6-9-24)11-15-3-5-18-19(10-15)21-26-20-18/h2-5,10,16,24H,6-9,11-13H2,1H3/t16-/m0/s1. The normalized spacial score (nSPS) is 19.4. The van der Waals surface area contributed by atoms with Crippen molar-refractivity contribution >= 4 is 22.8 Å². The molecule has 26 heavy (non-hydrogen) atoms. The average Bonchev–Trinajstić information content (AvgIpc) is 3.26. The van der Waals surface area contributed by atoms with Crippen LogP contribution in [0.5, 0.6) is 0 Å². The fourth-order valence-electron chi connectivity index (χ4n) is 3.69. The van der Waals surface area contributed by atoms with Crippen LogP contribution >= 0.6 is 11.7 Å². The average molecular weight is 372 g/mol. The van der Waals surface area contributed by atoms with Crippen molar-refractivity contribution in [3.63, 3.8) is 0 Å². The predicted octanol–water partition coefficient (Wildman–Crippen LogP) is 2.66. The number of aliphatic hydroxyl groups is 1. The van der Waals surface area contributed by atoms with E-state index >= 15 is 0 Å². The summed E-state index contributed by atoms with van der Waals surface area (Å²) in [5, 5.41) is 9.49. The third-order valence-corrected chi connectivity index (χ3v) is 5.59. The molecule has 0 bridgehead atoms. The number of aliphatic hydroxyl groups excluding tert-OH is 1. The molecule has 3 heterocycles. The highest BCUT2D eigenvalue weighted by Crippen LogP contribution is 2.21.